The molecule has 1 aliphatic rings. The topological polar surface area (TPSA) is 101 Å². The van der Waals surface area contributed by atoms with Crippen LogP contribution in [0.1, 0.15) is 40.2 Å². The Kier molecular flexibility index (Phi) is 4.23. The first-order valence-electron chi connectivity index (χ1n) is 8.64. The third-order valence-corrected chi connectivity index (χ3v) is 5.80. The summed E-state index contributed by atoms with van der Waals surface area (Å²) in [5, 5.41) is 9.62. The number of piperidine rings is 1. The number of amides is 1. The zero-order valence-electron chi connectivity index (χ0n) is 14.8. The normalized spacial score (nSPS) is 14.8. The van der Waals surface area contributed by atoms with Gasteiger partial charge >= 0.3 is 5.88 Å². The lowest BCUT2D eigenvalue weighted by Crippen LogP contribution is -2.60. The quantitative estimate of drug-likeness (QED) is 0.682. The summed E-state index contributed by atoms with van der Waals surface area (Å²) < 4.78 is 5.25. The highest BCUT2D eigenvalue weighted by Gasteiger charge is 2.25. The SMILES string of the molecule is Cc1cc2c(N)c(C(=O)Nc3c[n+](N4CCCCC4)no3)sc2nc1C. The zero-order chi connectivity index (χ0) is 18.3. The highest BCUT2D eigenvalue weighted by atomic mass is 32.1. The van der Waals surface area contributed by atoms with E-state index >= 15 is 0 Å². The summed E-state index contributed by atoms with van der Waals surface area (Å²) in [6.07, 6.45) is 5.17. The van der Waals surface area contributed by atoms with E-state index in [0.29, 0.717) is 10.6 Å². The zero-order valence-corrected chi connectivity index (χ0v) is 15.6. The van der Waals surface area contributed by atoms with Crippen molar-refractivity contribution in [2.45, 2.75) is 33.1 Å². The monoisotopic (exact) mass is 373 g/mol. The van der Waals surface area contributed by atoms with Crippen LogP contribution in [-0.4, -0.2) is 29.3 Å². The molecular formula is C17H21N6O2S+. The van der Waals surface area contributed by atoms with E-state index in [1.54, 1.807) is 11.0 Å². The van der Waals surface area contributed by atoms with Gasteiger partial charge in [0.05, 0.1) is 23.6 Å². The fourth-order valence-corrected chi connectivity index (χ4v) is 4.09. The Morgan fingerprint density at radius 2 is 2.12 bits per heavy atom. The number of carbonyl (C=O) groups excluding carboxylic acids is 1. The number of hydrogen-bond donors (Lipinski definition) is 2. The molecule has 0 atom stereocenters. The van der Waals surface area contributed by atoms with Crippen LogP contribution in [0.2, 0.25) is 0 Å². The molecule has 1 saturated heterocycles. The van der Waals surface area contributed by atoms with Gasteiger partial charge < -0.3 is 5.73 Å². The summed E-state index contributed by atoms with van der Waals surface area (Å²) in [4.78, 5) is 20.0. The molecule has 1 fully saturated rings. The molecule has 0 radical (unpaired) electrons. The number of aryl methyl sites for hydroxylation is 2. The van der Waals surface area contributed by atoms with E-state index in [9.17, 15) is 4.79 Å². The second-order valence-electron chi connectivity index (χ2n) is 6.54. The van der Waals surface area contributed by atoms with Crippen LogP contribution >= 0.6 is 11.3 Å². The molecule has 1 amide bonds. The Morgan fingerprint density at radius 1 is 1.35 bits per heavy atom. The maximum atomic E-state index is 12.6. The number of nitrogens with two attached hydrogens (primary N) is 1. The van der Waals surface area contributed by atoms with Gasteiger partial charge in [-0.3, -0.25) is 14.6 Å². The van der Waals surface area contributed by atoms with E-state index in [1.165, 1.54) is 17.8 Å². The van der Waals surface area contributed by atoms with Crippen LogP contribution in [0, 0.1) is 13.8 Å². The molecule has 136 valence electrons. The van der Waals surface area contributed by atoms with Gasteiger partial charge in [0.25, 0.3) is 12.1 Å². The number of nitrogens with zero attached hydrogens (tertiary/aromatic N) is 4. The van der Waals surface area contributed by atoms with E-state index in [2.05, 4.69) is 20.6 Å². The van der Waals surface area contributed by atoms with Crippen LogP contribution < -0.4 is 20.9 Å². The summed E-state index contributed by atoms with van der Waals surface area (Å²) >= 11 is 1.28. The predicted molar refractivity (Wildman–Crippen MR) is 100.0 cm³/mol. The minimum absolute atomic E-state index is 0.290. The van der Waals surface area contributed by atoms with E-state index in [0.717, 1.165) is 47.4 Å². The standard InChI is InChI=1S/C17H20N6O2S/c1-10-8-12-14(18)15(26-17(12)19-11(10)2)16(24)20-13-9-23(21-25-13)22-6-4-3-5-7-22/h8-9H,3-7H2,1-2H3,(H2-,18,20,21,24)/p+1. The molecule has 8 nitrogen and oxygen atoms in total. The van der Waals surface area contributed by atoms with Gasteiger partial charge in [-0.25, -0.2) is 4.98 Å². The molecule has 9 heteroatoms. The van der Waals surface area contributed by atoms with E-state index in [4.69, 9.17) is 10.3 Å². The van der Waals surface area contributed by atoms with Crippen LogP contribution in [0.15, 0.2) is 16.8 Å². The Labute approximate surface area is 154 Å². The molecular weight excluding hydrogens is 352 g/mol. The molecule has 3 aromatic heterocycles. The van der Waals surface area contributed by atoms with Crippen LogP contribution in [0.4, 0.5) is 11.6 Å². The van der Waals surface area contributed by atoms with Crippen LogP contribution in [0.3, 0.4) is 0 Å². The van der Waals surface area contributed by atoms with Gasteiger partial charge in [0.15, 0.2) is 0 Å². The third kappa shape index (κ3) is 2.98. The first kappa shape index (κ1) is 16.8. The average Bonchev–Trinajstić information content (AvgIpc) is 3.22. The van der Waals surface area contributed by atoms with E-state index in [-0.39, 0.29) is 11.8 Å². The van der Waals surface area contributed by atoms with Crippen molar-refractivity contribution in [3.05, 3.63) is 28.4 Å². The highest BCUT2D eigenvalue weighted by molar-refractivity contribution is 7.21. The fourth-order valence-electron chi connectivity index (χ4n) is 3.07. The molecule has 0 aliphatic carbocycles. The van der Waals surface area contributed by atoms with Crippen molar-refractivity contribution in [3.63, 3.8) is 0 Å². The number of pyridine rings is 1. The number of hydrogen-bond acceptors (Lipinski definition) is 7. The average molecular weight is 373 g/mol. The second-order valence-corrected chi connectivity index (χ2v) is 7.54. The molecule has 0 spiro atoms. The molecule has 0 aromatic carbocycles. The van der Waals surface area contributed by atoms with Gasteiger partial charge in [-0.2, -0.15) is 5.01 Å². The molecule has 0 unspecified atom stereocenters. The predicted octanol–water partition coefficient (Wildman–Crippen LogP) is 2.15. The van der Waals surface area contributed by atoms with Gasteiger partial charge in [-0.1, -0.05) is 0 Å². The molecule has 1 aliphatic heterocycles. The first-order chi connectivity index (χ1) is 12.5. The van der Waals surface area contributed by atoms with Gasteiger partial charge in [0.1, 0.15) is 9.71 Å². The van der Waals surface area contributed by atoms with Crippen molar-refractivity contribution < 1.29 is 14.1 Å². The van der Waals surface area contributed by atoms with Crippen molar-refractivity contribution in [1.82, 2.24) is 10.3 Å². The van der Waals surface area contributed by atoms with Gasteiger partial charge in [0, 0.05) is 11.1 Å². The fraction of sp³-hybridized carbons (Fsp3) is 0.412. The number of aromatic nitrogens is 3. The van der Waals surface area contributed by atoms with Crippen molar-refractivity contribution >= 4 is 39.0 Å². The minimum atomic E-state index is -0.317. The van der Waals surface area contributed by atoms with Crippen molar-refractivity contribution in [2.24, 2.45) is 0 Å². The summed E-state index contributed by atoms with van der Waals surface area (Å²) in [7, 11) is 0. The maximum Gasteiger partial charge on any atom is 0.306 e. The number of nitrogens with one attached hydrogen (secondary N) is 1. The lowest BCUT2D eigenvalue weighted by atomic mass is 10.1. The number of carbonyl (C=O) groups is 1. The number of thiophene rings is 1. The minimum Gasteiger partial charge on any atom is -0.397 e. The van der Waals surface area contributed by atoms with Gasteiger partial charge in [-0.15, -0.1) is 11.3 Å². The molecule has 4 rings (SSSR count). The van der Waals surface area contributed by atoms with Gasteiger partial charge in [-0.05, 0) is 44.7 Å². The molecule has 0 saturated carbocycles. The van der Waals surface area contributed by atoms with Crippen LogP contribution in [0.25, 0.3) is 10.2 Å². The summed E-state index contributed by atoms with van der Waals surface area (Å²) in [5.74, 6) is -0.0273. The first-order valence-corrected chi connectivity index (χ1v) is 9.46. The highest BCUT2D eigenvalue weighted by Crippen LogP contribution is 2.34. The Hall–Kier alpha value is -2.68. The number of fused-ring (bicyclic) bond motifs is 1. The van der Waals surface area contributed by atoms with Crippen molar-refractivity contribution in [2.75, 3.05) is 29.1 Å². The van der Waals surface area contributed by atoms with E-state index in [1.807, 2.05) is 19.9 Å². The Morgan fingerprint density at radius 3 is 2.88 bits per heavy atom. The van der Waals surface area contributed by atoms with E-state index < -0.39 is 0 Å². The lowest BCUT2D eigenvalue weighted by Gasteiger charge is -2.17. The largest absolute Gasteiger partial charge is 0.397 e. The number of anilines is 2. The Bertz CT molecular complexity index is 973. The van der Waals surface area contributed by atoms with Gasteiger partial charge in [0.2, 0.25) is 5.27 Å². The van der Waals surface area contributed by atoms with Crippen molar-refractivity contribution in [3.8, 4) is 0 Å². The number of rotatable bonds is 3. The smallest absolute Gasteiger partial charge is 0.306 e. The summed E-state index contributed by atoms with van der Waals surface area (Å²) in [6.45, 7) is 5.78. The molecule has 3 aromatic rings. The lowest BCUT2D eigenvalue weighted by molar-refractivity contribution is -0.759. The summed E-state index contributed by atoms with van der Waals surface area (Å²) in [6, 6.07) is 1.97. The Balaban J connectivity index is 1.56. The molecule has 4 heterocycles. The summed E-state index contributed by atoms with van der Waals surface area (Å²) in [5.41, 5.74) is 8.61. The second kappa shape index (κ2) is 6.56. The molecule has 26 heavy (non-hydrogen) atoms. The third-order valence-electron chi connectivity index (χ3n) is 4.69. The molecule has 3 N–H and O–H groups in total. The molecule has 0 bridgehead atoms. The maximum absolute atomic E-state index is 12.6. The number of nitrogen functional groups attached to an aromatic ring is 1. The van der Waals surface area contributed by atoms with Crippen LogP contribution in [-0.2, 0) is 0 Å². The van der Waals surface area contributed by atoms with Crippen molar-refractivity contribution in [1.29, 1.82) is 0 Å². The van der Waals surface area contributed by atoms with Crippen LogP contribution in [0.5, 0.6) is 0 Å².